The molecule has 3 heterocycles. The van der Waals surface area contributed by atoms with Crippen molar-refractivity contribution in [2.45, 2.75) is 30.3 Å². The van der Waals surface area contributed by atoms with Crippen LogP contribution >= 0.6 is 0 Å². The first-order valence-corrected chi connectivity index (χ1v) is 10.7. The van der Waals surface area contributed by atoms with Gasteiger partial charge in [0.1, 0.15) is 0 Å². The molecule has 0 radical (unpaired) electrons. The minimum Gasteiger partial charge on any atom is -0.378 e. The van der Waals surface area contributed by atoms with Crippen LogP contribution in [0.15, 0.2) is 54.6 Å². The molecule has 7 heteroatoms. The molecule has 1 spiro atoms. The monoisotopic (exact) mass is 419 g/mol. The lowest BCUT2D eigenvalue weighted by Gasteiger charge is -2.33. The van der Waals surface area contributed by atoms with Crippen molar-refractivity contribution < 1.29 is 19.1 Å². The highest BCUT2D eigenvalue weighted by atomic mass is 16.5. The number of ether oxygens (including phenoxy) is 1. The first-order chi connectivity index (χ1) is 15.1. The number of fused-ring (bicyclic) bond motifs is 1. The van der Waals surface area contributed by atoms with Gasteiger partial charge in [0.25, 0.3) is 5.91 Å². The maximum atomic E-state index is 13.3. The molecule has 2 saturated heterocycles. The third-order valence-corrected chi connectivity index (χ3v) is 6.58. The molecule has 3 atom stereocenters. The summed E-state index contributed by atoms with van der Waals surface area (Å²) in [5.41, 5.74) is 1.91. The second kappa shape index (κ2) is 7.81. The van der Waals surface area contributed by atoms with Crippen molar-refractivity contribution in [1.29, 1.82) is 0 Å². The van der Waals surface area contributed by atoms with Gasteiger partial charge in [-0.25, -0.2) is 0 Å². The van der Waals surface area contributed by atoms with Crippen molar-refractivity contribution in [2.24, 2.45) is 0 Å². The van der Waals surface area contributed by atoms with E-state index in [4.69, 9.17) is 4.74 Å². The number of likely N-dealkylation sites (tertiary alicyclic amines) is 1. The van der Waals surface area contributed by atoms with E-state index in [0.29, 0.717) is 38.3 Å². The van der Waals surface area contributed by atoms with Crippen LogP contribution in [0.25, 0.3) is 0 Å². The predicted octanol–water partition coefficient (Wildman–Crippen LogP) is 1.76. The van der Waals surface area contributed by atoms with Crippen LogP contribution in [0, 0.1) is 0 Å². The third-order valence-electron chi connectivity index (χ3n) is 6.58. The number of benzene rings is 2. The molecule has 0 aliphatic carbocycles. The van der Waals surface area contributed by atoms with Gasteiger partial charge in [-0.2, -0.15) is 0 Å². The van der Waals surface area contributed by atoms with E-state index in [1.807, 2.05) is 48.5 Å². The summed E-state index contributed by atoms with van der Waals surface area (Å²) in [5, 5.41) is 6.10. The Morgan fingerprint density at radius 3 is 2.71 bits per heavy atom. The molecule has 3 aliphatic rings. The maximum absolute atomic E-state index is 13.3. The van der Waals surface area contributed by atoms with E-state index in [2.05, 4.69) is 10.6 Å². The molecule has 2 N–H and O–H groups in total. The van der Waals surface area contributed by atoms with Crippen LogP contribution < -0.4 is 10.6 Å². The van der Waals surface area contributed by atoms with E-state index in [-0.39, 0.29) is 36.1 Å². The molecule has 0 saturated carbocycles. The molecule has 2 aromatic rings. The van der Waals surface area contributed by atoms with Gasteiger partial charge < -0.3 is 20.3 Å². The summed E-state index contributed by atoms with van der Waals surface area (Å²) in [5.74, 6) is -0.300. The highest BCUT2D eigenvalue weighted by molar-refractivity contribution is 5.99. The quantitative estimate of drug-likeness (QED) is 0.794. The highest BCUT2D eigenvalue weighted by Crippen LogP contribution is 2.38. The fourth-order valence-corrected chi connectivity index (χ4v) is 5.06. The minimum absolute atomic E-state index is 0.0432. The maximum Gasteiger partial charge on any atom is 0.252 e. The SMILES string of the molecule is O=C1CCOC[C@]2(CN(C(=O)C[C@H]3NC(=O)c4ccccc43)C[C@H]2c2ccccc2)N1. The Morgan fingerprint density at radius 1 is 1.10 bits per heavy atom. The lowest BCUT2D eigenvalue weighted by molar-refractivity contribution is -0.131. The number of amides is 3. The standard InChI is InChI=1S/C24H25N3O4/c28-21-10-11-31-15-24(26-21)14-27(13-19(24)16-6-2-1-3-7-16)22(29)12-20-17-8-4-5-9-18(17)23(30)25-20/h1-9,19-20H,10-15H2,(H,25,30)(H,26,28)/t19-,20+,24-/m0/s1. The van der Waals surface area contributed by atoms with Crippen LogP contribution in [0.5, 0.6) is 0 Å². The van der Waals surface area contributed by atoms with Gasteiger partial charge in [-0.3, -0.25) is 14.4 Å². The Balaban J connectivity index is 1.40. The zero-order chi connectivity index (χ0) is 21.4. The fourth-order valence-electron chi connectivity index (χ4n) is 5.06. The summed E-state index contributed by atoms with van der Waals surface area (Å²) in [6.45, 7) is 1.63. The summed E-state index contributed by atoms with van der Waals surface area (Å²) in [7, 11) is 0. The number of hydrogen-bond acceptors (Lipinski definition) is 4. The summed E-state index contributed by atoms with van der Waals surface area (Å²) < 4.78 is 5.80. The Hall–Kier alpha value is -3.19. The molecule has 0 unspecified atom stereocenters. The average Bonchev–Trinajstić information content (AvgIpc) is 3.23. The fraction of sp³-hybridized carbons (Fsp3) is 0.375. The summed E-state index contributed by atoms with van der Waals surface area (Å²) in [6.07, 6.45) is 0.511. The average molecular weight is 419 g/mol. The summed E-state index contributed by atoms with van der Waals surface area (Å²) in [6, 6.07) is 17.0. The molecule has 0 bridgehead atoms. The first kappa shape index (κ1) is 19.8. The smallest absolute Gasteiger partial charge is 0.252 e. The minimum atomic E-state index is -0.651. The lowest BCUT2D eigenvalue weighted by atomic mass is 9.82. The molecule has 3 aliphatic heterocycles. The van der Waals surface area contributed by atoms with Gasteiger partial charge in [-0.15, -0.1) is 0 Å². The summed E-state index contributed by atoms with van der Waals surface area (Å²) >= 11 is 0. The van der Waals surface area contributed by atoms with E-state index in [1.165, 1.54) is 0 Å². The number of nitrogens with zero attached hydrogens (tertiary/aromatic N) is 1. The van der Waals surface area contributed by atoms with Crippen LogP contribution in [0.1, 0.15) is 46.3 Å². The van der Waals surface area contributed by atoms with Gasteiger partial charge >= 0.3 is 0 Å². The topological polar surface area (TPSA) is 87.7 Å². The number of hydrogen-bond donors (Lipinski definition) is 2. The largest absolute Gasteiger partial charge is 0.378 e. The highest BCUT2D eigenvalue weighted by Gasteiger charge is 2.51. The van der Waals surface area contributed by atoms with Crippen LogP contribution in [0.3, 0.4) is 0 Å². The number of carbonyl (C=O) groups excluding carboxylic acids is 3. The van der Waals surface area contributed by atoms with Crippen LogP contribution in [0.4, 0.5) is 0 Å². The molecule has 7 nitrogen and oxygen atoms in total. The molecule has 2 fully saturated rings. The second-order valence-corrected chi connectivity index (χ2v) is 8.56. The Morgan fingerprint density at radius 2 is 1.87 bits per heavy atom. The van der Waals surface area contributed by atoms with Crippen LogP contribution in [0.2, 0.25) is 0 Å². The van der Waals surface area contributed by atoms with Crippen LogP contribution in [-0.2, 0) is 14.3 Å². The molecule has 3 amide bonds. The lowest BCUT2D eigenvalue weighted by Crippen LogP contribution is -2.55. The molecule has 160 valence electrons. The van der Waals surface area contributed by atoms with E-state index >= 15 is 0 Å². The molecule has 5 rings (SSSR count). The van der Waals surface area contributed by atoms with E-state index < -0.39 is 5.54 Å². The van der Waals surface area contributed by atoms with Crippen molar-refractivity contribution >= 4 is 17.7 Å². The third kappa shape index (κ3) is 3.59. The Kier molecular flexibility index (Phi) is 4.98. The molecule has 0 aromatic heterocycles. The van der Waals surface area contributed by atoms with E-state index in [9.17, 15) is 14.4 Å². The van der Waals surface area contributed by atoms with Crippen molar-refractivity contribution in [3.63, 3.8) is 0 Å². The van der Waals surface area contributed by atoms with Gasteiger partial charge in [0.05, 0.1) is 31.2 Å². The molecular formula is C24H25N3O4. The van der Waals surface area contributed by atoms with Crippen LogP contribution in [-0.4, -0.2) is 54.5 Å². The van der Waals surface area contributed by atoms with Gasteiger partial charge in [-0.1, -0.05) is 48.5 Å². The molecular weight excluding hydrogens is 394 g/mol. The van der Waals surface area contributed by atoms with Gasteiger partial charge in [-0.05, 0) is 17.2 Å². The van der Waals surface area contributed by atoms with Gasteiger partial charge in [0.2, 0.25) is 11.8 Å². The Labute approximate surface area is 180 Å². The van der Waals surface area contributed by atoms with Crippen molar-refractivity contribution in [3.05, 3.63) is 71.3 Å². The van der Waals surface area contributed by atoms with Crippen molar-refractivity contribution in [1.82, 2.24) is 15.5 Å². The molecule has 31 heavy (non-hydrogen) atoms. The number of carbonyl (C=O) groups is 3. The van der Waals surface area contributed by atoms with E-state index in [1.54, 1.807) is 11.0 Å². The van der Waals surface area contributed by atoms with E-state index in [0.717, 1.165) is 11.1 Å². The molecule has 2 aromatic carbocycles. The predicted molar refractivity (Wildman–Crippen MR) is 113 cm³/mol. The summed E-state index contributed by atoms with van der Waals surface area (Å²) in [4.78, 5) is 39.8. The van der Waals surface area contributed by atoms with Crippen molar-refractivity contribution in [2.75, 3.05) is 26.3 Å². The zero-order valence-electron chi connectivity index (χ0n) is 17.2. The number of rotatable bonds is 3. The van der Waals surface area contributed by atoms with Crippen molar-refractivity contribution in [3.8, 4) is 0 Å². The van der Waals surface area contributed by atoms with Gasteiger partial charge in [0, 0.05) is 31.0 Å². The normalized spacial score (nSPS) is 27.5. The van der Waals surface area contributed by atoms with Gasteiger partial charge in [0.15, 0.2) is 0 Å². The second-order valence-electron chi connectivity index (χ2n) is 8.56. The number of nitrogens with one attached hydrogen (secondary N) is 2. The first-order valence-electron chi connectivity index (χ1n) is 10.7. The zero-order valence-corrected chi connectivity index (χ0v) is 17.2. The Bertz CT molecular complexity index is 1020.